The van der Waals surface area contributed by atoms with Gasteiger partial charge in [0, 0.05) is 17.1 Å². The Balaban J connectivity index is 2.28. The predicted molar refractivity (Wildman–Crippen MR) is 76.8 cm³/mol. The van der Waals surface area contributed by atoms with Gasteiger partial charge in [-0.2, -0.15) is 0 Å². The van der Waals surface area contributed by atoms with E-state index in [0.29, 0.717) is 29.3 Å². The molecule has 0 bridgehead atoms. The maximum absolute atomic E-state index is 6.36. The molecule has 0 heterocycles. The van der Waals surface area contributed by atoms with Crippen molar-refractivity contribution in [1.29, 1.82) is 0 Å². The van der Waals surface area contributed by atoms with Gasteiger partial charge in [0.1, 0.15) is 5.75 Å². The summed E-state index contributed by atoms with van der Waals surface area (Å²) in [5.74, 6) is 1.36. The van der Waals surface area contributed by atoms with Gasteiger partial charge in [0.15, 0.2) is 0 Å². The van der Waals surface area contributed by atoms with Crippen molar-refractivity contribution in [3.05, 3.63) is 27.7 Å². The maximum atomic E-state index is 6.36. The molecule has 0 aliphatic heterocycles. The Bertz CT molecular complexity index is 419. The molecule has 18 heavy (non-hydrogen) atoms. The molecule has 0 amide bonds. The normalized spacial score (nSPS) is 16.7. The summed E-state index contributed by atoms with van der Waals surface area (Å²) in [5.41, 5.74) is 1.09. The quantitative estimate of drug-likeness (QED) is 0.834. The summed E-state index contributed by atoms with van der Waals surface area (Å²) in [6, 6.07) is 4.09. The highest BCUT2D eigenvalue weighted by Crippen LogP contribution is 2.44. The van der Waals surface area contributed by atoms with Crippen LogP contribution in [0, 0.1) is 5.92 Å². The van der Waals surface area contributed by atoms with Crippen LogP contribution in [0.25, 0.3) is 0 Å². The topological polar surface area (TPSA) is 21.3 Å². The lowest BCUT2D eigenvalue weighted by Gasteiger charge is -2.20. The molecular formula is C14H19Cl2NO. The Morgan fingerprint density at radius 3 is 2.56 bits per heavy atom. The van der Waals surface area contributed by atoms with Crippen LogP contribution in [0.1, 0.15) is 38.3 Å². The lowest BCUT2D eigenvalue weighted by molar-refractivity contribution is 0.340. The summed E-state index contributed by atoms with van der Waals surface area (Å²) in [7, 11) is 0. The van der Waals surface area contributed by atoms with Crippen LogP contribution in [0.5, 0.6) is 5.75 Å². The van der Waals surface area contributed by atoms with E-state index < -0.39 is 0 Å². The average Bonchev–Trinajstić information content (AvgIpc) is 3.15. The minimum Gasteiger partial charge on any atom is -0.492 e. The van der Waals surface area contributed by atoms with Crippen molar-refractivity contribution < 1.29 is 4.74 Å². The second kappa shape index (κ2) is 6.14. The Labute approximate surface area is 119 Å². The minimum atomic E-state index is 0.315. The lowest BCUT2D eigenvalue weighted by Crippen LogP contribution is -2.23. The van der Waals surface area contributed by atoms with Crippen LogP contribution in [-0.2, 0) is 0 Å². The van der Waals surface area contributed by atoms with Gasteiger partial charge in [-0.05, 0) is 43.9 Å². The third-order valence-electron chi connectivity index (χ3n) is 3.20. The van der Waals surface area contributed by atoms with Crippen LogP contribution in [0.4, 0.5) is 0 Å². The molecule has 1 saturated carbocycles. The van der Waals surface area contributed by atoms with Crippen molar-refractivity contribution in [3.63, 3.8) is 0 Å². The molecule has 0 spiro atoms. The van der Waals surface area contributed by atoms with Crippen molar-refractivity contribution in [2.45, 2.75) is 32.7 Å². The highest BCUT2D eigenvalue weighted by atomic mass is 35.5. The average molecular weight is 288 g/mol. The third kappa shape index (κ3) is 3.11. The molecule has 1 aliphatic carbocycles. The van der Waals surface area contributed by atoms with Gasteiger partial charge in [-0.1, -0.05) is 30.1 Å². The van der Waals surface area contributed by atoms with Crippen molar-refractivity contribution in [3.8, 4) is 5.75 Å². The first-order valence-corrected chi connectivity index (χ1v) is 7.28. The first-order valence-electron chi connectivity index (χ1n) is 6.52. The Morgan fingerprint density at radius 1 is 1.28 bits per heavy atom. The number of ether oxygens (including phenoxy) is 1. The number of nitrogens with one attached hydrogen (secondary N) is 1. The predicted octanol–water partition coefficient (Wildman–Crippen LogP) is 4.45. The van der Waals surface area contributed by atoms with Crippen LogP contribution in [0.2, 0.25) is 10.0 Å². The zero-order valence-electron chi connectivity index (χ0n) is 10.8. The highest BCUT2D eigenvalue weighted by molar-refractivity contribution is 6.34. The van der Waals surface area contributed by atoms with Gasteiger partial charge in [0.2, 0.25) is 0 Å². The van der Waals surface area contributed by atoms with E-state index in [-0.39, 0.29) is 0 Å². The summed E-state index contributed by atoms with van der Waals surface area (Å²) in [5, 5.41) is 4.87. The smallest absolute Gasteiger partial charge is 0.139 e. The first kappa shape index (κ1) is 14.0. The van der Waals surface area contributed by atoms with Crippen molar-refractivity contribution in [2.75, 3.05) is 13.2 Å². The molecule has 100 valence electrons. The van der Waals surface area contributed by atoms with Crippen LogP contribution < -0.4 is 10.1 Å². The number of hydrogen-bond acceptors (Lipinski definition) is 2. The van der Waals surface area contributed by atoms with Gasteiger partial charge in [0.25, 0.3) is 0 Å². The Kier molecular flexibility index (Phi) is 4.77. The molecule has 0 radical (unpaired) electrons. The fourth-order valence-electron chi connectivity index (χ4n) is 2.23. The fourth-order valence-corrected chi connectivity index (χ4v) is 2.73. The molecule has 1 aromatic rings. The van der Waals surface area contributed by atoms with Crippen molar-refractivity contribution in [2.24, 2.45) is 5.92 Å². The fraction of sp³-hybridized carbons (Fsp3) is 0.571. The van der Waals surface area contributed by atoms with Gasteiger partial charge in [0.05, 0.1) is 11.6 Å². The molecule has 0 saturated heterocycles. The minimum absolute atomic E-state index is 0.315. The van der Waals surface area contributed by atoms with E-state index in [4.69, 9.17) is 27.9 Å². The van der Waals surface area contributed by atoms with E-state index in [0.717, 1.165) is 17.1 Å². The van der Waals surface area contributed by atoms with E-state index in [2.05, 4.69) is 12.2 Å². The van der Waals surface area contributed by atoms with Crippen molar-refractivity contribution >= 4 is 23.2 Å². The molecule has 0 aromatic heterocycles. The van der Waals surface area contributed by atoms with Gasteiger partial charge in [-0.3, -0.25) is 0 Å². The second-order valence-electron chi connectivity index (χ2n) is 4.61. The first-order chi connectivity index (χ1) is 8.67. The van der Waals surface area contributed by atoms with E-state index in [1.807, 2.05) is 19.1 Å². The van der Waals surface area contributed by atoms with Crippen LogP contribution in [0.15, 0.2) is 12.1 Å². The Morgan fingerprint density at radius 2 is 2.00 bits per heavy atom. The van der Waals surface area contributed by atoms with E-state index in [9.17, 15) is 0 Å². The van der Waals surface area contributed by atoms with Crippen LogP contribution in [0.3, 0.4) is 0 Å². The van der Waals surface area contributed by atoms with E-state index in [1.54, 1.807) is 0 Å². The van der Waals surface area contributed by atoms with Gasteiger partial charge in [-0.25, -0.2) is 0 Å². The summed E-state index contributed by atoms with van der Waals surface area (Å²) in [6.45, 7) is 5.57. The Hall–Kier alpha value is -0.440. The summed E-state index contributed by atoms with van der Waals surface area (Å²) < 4.78 is 5.45. The zero-order valence-corrected chi connectivity index (χ0v) is 12.3. The van der Waals surface area contributed by atoms with Crippen molar-refractivity contribution in [1.82, 2.24) is 5.32 Å². The molecule has 2 nitrogen and oxygen atoms in total. The summed E-state index contributed by atoms with van der Waals surface area (Å²) in [4.78, 5) is 0. The molecule has 1 unspecified atom stereocenters. The molecule has 2 rings (SSSR count). The molecule has 1 fully saturated rings. The van der Waals surface area contributed by atoms with Gasteiger partial charge < -0.3 is 10.1 Å². The van der Waals surface area contributed by atoms with E-state index in [1.165, 1.54) is 12.8 Å². The molecule has 1 aromatic carbocycles. The number of rotatable bonds is 6. The highest BCUT2D eigenvalue weighted by Gasteiger charge is 2.33. The van der Waals surface area contributed by atoms with Gasteiger partial charge in [-0.15, -0.1) is 0 Å². The lowest BCUT2D eigenvalue weighted by atomic mass is 10.0. The molecular weight excluding hydrogens is 269 g/mol. The largest absolute Gasteiger partial charge is 0.492 e. The summed E-state index contributed by atoms with van der Waals surface area (Å²) in [6.07, 6.45) is 2.53. The molecule has 1 N–H and O–H groups in total. The van der Waals surface area contributed by atoms with Crippen LogP contribution in [-0.4, -0.2) is 13.2 Å². The number of hydrogen-bond donors (Lipinski definition) is 1. The standard InChI is InChI=1S/C14H19Cl2NO/c1-3-17-14(9-5-6-9)10-7-12(16)13(18-4-2)8-11(10)15/h7-9,14,17H,3-6H2,1-2H3. The third-order valence-corrected chi connectivity index (χ3v) is 3.83. The zero-order chi connectivity index (χ0) is 13.1. The van der Waals surface area contributed by atoms with Gasteiger partial charge >= 0.3 is 0 Å². The molecule has 1 atom stereocenters. The number of halogens is 2. The van der Waals surface area contributed by atoms with E-state index >= 15 is 0 Å². The summed E-state index contributed by atoms with van der Waals surface area (Å²) >= 11 is 12.6. The number of benzene rings is 1. The molecule has 1 aliphatic rings. The SMILES string of the molecule is CCNC(c1cc(Cl)c(OCC)cc1Cl)C1CC1. The monoisotopic (exact) mass is 287 g/mol. The van der Waals surface area contributed by atoms with Crippen LogP contribution >= 0.6 is 23.2 Å². The molecule has 4 heteroatoms. The second-order valence-corrected chi connectivity index (χ2v) is 5.42. The maximum Gasteiger partial charge on any atom is 0.139 e.